The highest BCUT2D eigenvalue weighted by atomic mass is 35.5. The average molecular weight is 259 g/mol. The van der Waals surface area contributed by atoms with Gasteiger partial charge in [0.05, 0.1) is 22.8 Å². The maximum atomic E-state index is 13.3. The van der Waals surface area contributed by atoms with E-state index in [9.17, 15) is 4.39 Å². The van der Waals surface area contributed by atoms with Gasteiger partial charge in [0.25, 0.3) is 0 Å². The maximum Gasteiger partial charge on any atom is 0.143 e. The number of rotatable bonds is 2. The summed E-state index contributed by atoms with van der Waals surface area (Å²) in [4.78, 5) is 0. The van der Waals surface area contributed by atoms with Crippen molar-refractivity contribution in [2.24, 2.45) is 0 Å². The fraction of sp³-hybridized carbons (Fsp3) is 0.182. The number of hydrogen-bond donors (Lipinski definition) is 0. The molecule has 0 saturated carbocycles. The highest BCUT2D eigenvalue weighted by Gasteiger charge is 2.08. The first-order valence-corrected chi connectivity index (χ1v) is 5.59. The smallest absolute Gasteiger partial charge is 0.143 e. The monoisotopic (exact) mass is 258 g/mol. The molecule has 0 amide bonds. The molecule has 0 aliphatic heterocycles. The van der Waals surface area contributed by atoms with Crippen molar-refractivity contribution in [1.82, 2.24) is 9.78 Å². The molecule has 0 aliphatic carbocycles. The Balaban J connectivity index is 2.50. The van der Waals surface area contributed by atoms with E-state index < -0.39 is 5.82 Å². The van der Waals surface area contributed by atoms with Gasteiger partial charge in [0.1, 0.15) is 5.82 Å². The Kier molecular flexibility index (Phi) is 3.17. The minimum atomic E-state index is -0.457. The van der Waals surface area contributed by atoms with E-state index >= 15 is 0 Å². The van der Waals surface area contributed by atoms with Gasteiger partial charge in [-0.05, 0) is 19.1 Å². The highest BCUT2D eigenvalue weighted by Crippen LogP contribution is 2.20. The Labute approximate surface area is 103 Å². The van der Waals surface area contributed by atoms with E-state index in [0.717, 1.165) is 11.3 Å². The summed E-state index contributed by atoms with van der Waals surface area (Å²) in [7, 11) is 0. The molecule has 5 heteroatoms. The molecule has 0 aliphatic rings. The van der Waals surface area contributed by atoms with Crippen LogP contribution in [0.1, 0.15) is 11.3 Å². The molecule has 0 N–H and O–H groups in total. The summed E-state index contributed by atoms with van der Waals surface area (Å²) in [6.45, 7) is 1.89. The Morgan fingerprint density at radius 3 is 2.75 bits per heavy atom. The molecule has 0 bridgehead atoms. The number of alkyl halides is 1. The van der Waals surface area contributed by atoms with Crippen LogP contribution >= 0.6 is 23.2 Å². The molecule has 0 atom stereocenters. The van der Waals surface area contributed by atoms with Gasteiger partial charge in [-0.2, -0.15) is 5.10 Å². The van der Waals surface area contributed by atoms with Crippen LogP contribution in [0, 0.1) is 12.7 Å². The molecule has 0 radical (unpaired) electrons. The third kappa shape index (κ3) is 1.93. The Morgan fingerprint density at radius 2 is 2.19 bits per heavy atom. The van der Waals surface area contributed by atoms with Crippen molar-refractivity contribution >= 4 is 23.2 Å². The van der Waals surface area contributed by atoms with Crippen LogP contribution in [0.4, 0.5) is 4.39 Å². The van der Waals surface area contributed by atoms with Crippen LogP contribution in [-0.2, 0) is 5.88 Å². The van der Waals surface area contributed by atoms with Gasteiger partial charge in [-0.1, -0.05) is 11.6 Å². The predicted molar refractivity (Wildman–Crippen MR) is 62.8 cm³/mol. The van der Waals surface area contributed by atoms with Crippen molar-refractivity contribution in [3.05, 3.63) is 46.5 Å². The fourth-order valence-corrected chi connectivity index (χ4v) is 1.83. The van der Waals surface area contributed by atoms with E-state index in [1.165, 1.54) is 12.1 Å². The molecule has 0 fully saturated rings. The highest BCUT2D eigenvalue weighted by molar-refractivity contribution is 6.30. The summed E-state index contributed by atoms with van der Waals surface area (Å²) < 4.78 is 14.9. The lowest BCUT2D eigenvalue weighted by Crippen LogP contribution is -1.99. The summed E-state index contributed by atoms with van der Waals surface area (Å²) in [5.74, 6) is -0.0662. The maximum absolute atomic E-state index is 13.3. The summed E-state index contributed by atoms with van der Waals surface area (Å²) in [6.07, 6.45) is 1.68. The lowest BCUT2D eigenvalue weighted by atomic mass is 10.2. The van der Waals surface area contributed by atoms with Crippen LogP contribution in [0.2, 0.25) is 5.02 Å². The van der Waals surface area contributed by atoms with Gasteiger partial charge >= 0.3 is 0 Å². The van der Waals surface area contributed by atoms with Crippen LogP contribution in [0.15, 0.2) is 24.4 Å². The number of benzene rings is 1. The molecular formula is C11H9Cl2FN2. The number of halogens is 3. The molecule has 84 valence electrons. The summed E-state index contributed by atoms with van der Waals surface area (Å²) >= 11 is 11.4. The van der Waals surface area contributed by atoms with Crippen molar-refractivity contribution in [3.63, 3.8) is 0 Å². The van der Waals surface area contributed by atoms with Crippen molar-refractivity contribution in [2.75, 3.05) is 0 Å². The second-order valence-electron chi connectivity index (χ2n) is 3.40. The third-order valence-electron chi connectivity index (χ3n) is 2.40. The zero-order valence-electron chi connectivity index (χ0n) is 8.54. The SMILES string of the molecule is Cc1c(CCl)cnn1-c1ccc(Cl)c(F)c1. The first-order chi connectivity index (χ1) is 7.63. The predicted octanol–water partition coefficient (Wildman–Crippen LogP) is 3.71. The van der Waals surface area contributed by atoms with Crippen LogP contribution in [-0.4, -0.2) is 9.78 Å². The molecule has 2 aromatic rings. The number of hydrogen-bond acceptors (Lipinski definition) is 1. The van der Waals surface area contributed by atoms with Crippen molar-refractivity contribution in [1.29, 1.82) is 0 Å². The first-order valence-electron chi connectivity index (χ1n) is 4.68. The number of aromatic nitrogens is 2. The van der Waals surface area contributed by atoms with Crippen LogP contribution in [0.3, 0.4) is 0 Å². The summed E-state index contributed by atoms with van der Waals surface area (Å²) in [5.41, 5.74) is 2.46. The quantitative estimate of drug-likeness (QED) is 0.751. The number of nitrogens with zero attached hydrogens (tertiary/aromatic N) is 2. The van der Waals surface area contributed by atoms with Crippen molar-refractivity contribution in [3.8, 4) is 5.69 Å². The van der Waals surface area contributed by atoms with Crippen LogP contribution in [0.25, 0.3) is 5.69 Å². The Hall–Kier alpha value is -1.06. The molecular weight excluding hydrogens is 250 g/mol. The topological polar surface area (TPSA) is 17.8 Å². The van der Waals surface area contributed by atoms with Crippen LogP contribution < -0.4 is 0 Å². The zero-order chi connectivity index (χ0) is 11.7. The van der Waals surface area contributed by atoms with E-state index in [0.29, 0.717) is 11.6 Å². The fourth-order valence-electron chi connectivity index (χ4n) is 1.45. The van der Waals surface area contributed by atoms with Gasteiger partial charge in [-0.25, -0.2) is 9.07 Å². The van der Waals surface area contributed by atoms with Gasteiger partial charge in [0.15, 0.2) is 0 Å². The zero-order valence-corrected chi connectivity index (χ0v) is 10.1. The largest absolute Gasteiger partial charge is 0.238 e. The lowest BCUT2D eigenvalue weighted by molar-refractivity contribution is 0.625. The molecule has 0 spiro atoms. The second-order valence-corrected chi connectivity index (χ2v) is 4.07. The van der Waals surface area contributed by atoms with E-state index in [4.69, 9.17) is 23.2 Å². The molecule has 1 aromatic heterocycles. The Bertz CT molecular complexity index is 523. The minimum absolute atomic E-state index is 0.103. The van der Waals surface area contributed by atoms with Gasteiger partial charge in [0, 0.05) is 17.3 Å². The third-order valence-corrected chi connectivity index (χ3v) is 3.00. The van der Waals surface area contributed by atoms with Gasteiger partial charge in [-0.15, -0.1) is 11.6 Å². The summed E-state index contributed by atoms with van der Waals surface area (Å²) in [6, 6.07) is 4.57. The van der Waals surface area contributed by atoms with E-state index in [2.05, 4.69) is 5.10 Å². The van der Waals surface area contributed by atoms with Crippen LogP contribution in [0.5, 0.6) is 0 Å². The lowest BCUT2D eigenvalue weighted by Gasteiger charge is -2.05. The van der Waals surface area contributed by atoms with E-state index in [1.807, 2.05) is 6.92 Å². The van der Waals surface area contributed by atoms with Gasteiger partial charge in [-0.3, -0.25) is 0 Å². The standard InChI is InChI=1S/C11H9Cl2FN2/c1-7-8(5-12)6-15-16(7)9-2-3-10(13)11(14)4-9/h2-4,6H,5H2,1H3. The van der Waals surface area contributed by atoms with Gasteiger partial charge < -0.3 is 0 Å². The van der Waals surface area contributed by atoms with E-state index in [-0.39, 0.29) is 5.02 Å². The molecule has 1 heterocycles. The molecule has 0 unspecified atom stereocenters. The van der Waals surface area contributed by atoms with Gasteiger partial charge in [0.2, 0.25) is 0 Å². The molecule has 2 rings (SSSR count). The first kappa shape index (κ1) is 11.4. The van der Waals surface area contributed by atoms with Crippen molar-refractivity contribution < 1.29 is 4.39 Å². The molecule has 0 saturated heterocycles. The van der Waals surface area contributed by atoms with Crippen molar-refractivity contribution in [2.45, 2.75) is 12.8 Å². The average Bonchev–Trinajstić information content (AvgIpc) is 2.64. The Morgan fingerprint density at radius 1 is 1.44 bits per heavy atom. The summed E-state index contributed by atoms with van der Waals surface area (Å²) in [5, 5.41) is 4.25. The molecule has 1 aromatic carbocycles. The molecule has 16 heavy (non-hydrogen) atoms. The van der Waals surface area contributed by atoms with E-state index in [1.54, 1.807) is 16.9 Å². The normalized spacial score (nSPS) is 10.8. The minimum Gasteiger partial charge on any atom is -0.238 e. The second kappa shape index (κ2) is 4.44. The molecule has 2 nitrogen and oxygen atoms in total.